The molecule has 1 aromatic heterocycles. The molecule has 1 fully saturated rings. The highest BCUT2D eigenvalue weighted by Gasteiger charge is 2.46. The quantitative estimate of drug-likeness (QED) is 0.654. The van der Waals surface area contributed by atoms with E-state index in [9.17, 15) is 4.79 Å². The van der Waals surface area contributed by atoms with Crippen LogP contribution in [0, 0.1) is 0 Å². The lowest BCUT2D eigenvalue weighted by atomic mass is 9.98. The predicted octanol–water partition coefficient (Wildman–Crippen LogP) is 1.64. The Morgan fingerprint density at radius 1 is 1.58 bits per heavy atom. The van der Waals surface area contributed by atoms with E-state index >= 15 is 0 Å². The Balaban J connectivity index is 2.02. The van der Waals surface area contributed by atoms with Crippen molar-refractivity contribution in [3.05, 3.63) is 18.5 Å². The van der Waals surface area contributed by atoms with Crippen molar-refractivity contribution in [2.75, 3.05) is 13.7 Å². The van der Waals surface area contributed by atoms with Crippen LogP contribution in [0.2, 0.25) is 0 Å². The van der Waals surface area contributed by atoms with Crippen LogP contribution in [0.15, 0.2) is 23.6 Å². The minimum atomic E-state index is -0.532. The molecule has 0 amide bonds. The second-order valence-electron chi connectivity index (χ2n) is 4.62. The van der Waals surface area contributed by atoms with Gasteiger partial charge in [-0.3, -0.25) is 4.79 Å². The molecule has 1 aliphatic rings. The lowest BCUT2D eigenvalue weighted by Crippen LogP contribution is -2.50. The van der Waals surface area contributed by atoms with Crippen molar-refractivity contribution in [2.24, 2.45) is 0 Å². The third-order valence-electron chi connectivity index (χ3n) is 3.37. The van der Waals surface area contributed by atoms with Crippen LogP contribution in [0.5, 0.6) is 0 Å². The molecule has 0 bridgehead atoms. The number of hydrogen-bond acceptors (Lipinski definition) is 6. The van der Waals surface area contributed by atoms with Crippen LogP contribution < -0.4 is 5.32 Å². The lowest BCUT2D eigenvalue weighted by Gasteiger charge is -2.27. The highest BCUT2D eigenvalue weighted by atomic mass is 32.2. The van der Waals surface area contributed by atoms with Crippen molar-refractivity contribution in [3.63, 3.8) is 0 Å². The number of aromatic nitrogens is 2. The Morgan fingerprint density at radius 2 is 2.32 bits per heavy atom. The van der Waals surface area contributed by atoms with Crippen LogP contribution in [0.1, 0.15) is 26.2 Å². The van der Waals surface area contributed by atoms with Gasteiger partial charge in [0, 0.05) is 17.6 Å². The van der Waals surface area contributed by atoms with Gasteiger partial charge in [-0.2, -0.15) is 0 Å². The van der Waals surface area contributed by atoms with Crippen molar-refractivity contribution in [1.82, 2.24) is 15.3 Å². The van der Waals surface area contributed by atoms with Crippen LogP contribution in [-0.2, 0) is 9.53 Å². The first kappa shape index (κ1) is 14.3. The first-order valence-corrected chi connectivity index (χ1v) is 7.35. The second kappa shape index (κ2) is 6.34. The number of esters is 1. The van der Waals surface area contributed by atoms with Gasteiger partial charge in [-0.1, -0.05) is 18.7 Å². The number of rotatable bonds is 5. The Morgan fingerprint density at radius 3 is 2.95 bits per heavy atom. The van der Waals surface area contributed by atoms with Gasteiger partial charge in [0.05, 0.1) is 7.11 Å². The molecule has 1 aromatic rings. The zero-order valence-corrected chi connectivity index (χ0v) is 12.1. The van der Waals surface area contributed by atoms with Gasteiger partial charge < -0.3 is 10.1 Å². The number of methoxy groups -OCH3 is 1. The summed E-state index contributed by atoms with van der Waals surface area (Å²) in [6.45, 7) is 2.76. The summed E-state index contributed by atoms with van der Waals surface area (Å²) in [6, 6.07) is 1.80. The Kier molecular flexibility index (Phi) is 4.76. The summed E-state index contributed by atoms with van der Waals surface area (Å²) in [5.41, 5.74) is -0.532. The van der Waals surface area contributed by atoms with E-state index < -0.39 is 5.54 Å². The van der Waals surface area contributed by atoms with Crippen molar-refractivity contribution < 1.29 is 9.53 Å². The van der Waals surface area contributed by atoms with E-state index in [0.717, 1.165) is 31.0 Å². The topological polar surface area (TPSA) is 64.1 Å². The van der Waals surface area contributed by atoms with E-state index in [1.165, 1.54) is 7.11 Å². The smallest absolute Gasteiger partial charge is 0.326 e. The average molecular weight is 281 g/mol. The molecule has 6 heteroatoms. The summed E-state index contributed by atoms with van der Waals surface area (Å²) < 4.78 is 4.95. The van der Waals surface area contributed by atoms with E-state index in [1.54, 1.807) is 30.2 Å². The highest BCUT2D eigenvalue weighted by molar-refractivity contribution is 7.99. The summed E-state index contributed by atoms with van der Waals surface area (Å²) in [7, 11) is 1.45. The minimum absolute atomic E-state index is 0.161. The number of thioether (sulfide) groups is 1. The molecule has 1 N–H and O–H groups in total. The van der Waals surface area contributed by atoms with E-state index in [2.05, 4.69) is 15.3 Å². The number of hydrogen-bond donors (Lipinski definition) is 1. The first-order valence-electron chi connectivity index (χ1n) is 6.47. The number of likely N-dealkylation sites (N-methyl/N-ethyl adjacent to an activating group) is 1. The van der Waals surface area contributed by atoms with Gasteiger partial charge >= 0.3 is 5.97 Å². The molecule has 1 saturated carbocycles. The lowest BCUT2D eigenvalue weighted by molar-refractivity contribution is -0.148. The molecule has 19 heavy (non-hydrogen) atoms. The maximum Gasteiger partial charge on any atom is 0.326 e. The van der Waals surface area contributed by atoms with E-state index in [4.69, 9.17) is 4.74 Å². The Hall–Kier alpha value is -1.14. The molecule has 0 spiro atoms. The monoisotopic (exact) mass is 281 g/mol. The third kappa shape index (κ3) is 3.25. The van der Waals surface area contributed by atoms with Gasteiger partial charge in [-0.25, -0.2) is 9.97 Å². The molecule has 2 rings (SSSR count). The maximum atomic E-state index is 12.0. The van der Waals surface area contributed by atoms with Crippen molar-refractivity contribution in [2.45, 2.75) is 42.1 Å². The normalized spacial score (nSPS) is 26.3. The van der Waals surface area contributed by atoms with Crippen LogP contribution in [0.4, 0.5) is 0 Å². The largest absolute Gasteiger partial charge is 0.468 e. The summed E-state index contributed by atoms with van der Waals surface area (Å²) in [5, 5.41) is 4.41. The van der Waals surface area contributed by atoms with Gasteiger partial charge in [0.15, 0.2) is 5.16 Å². The number of nitrogens with one attached hydrogen (secondary N) is 1. The molecule has 1 aliphatic carbocycles. The molecule has 1 heterocycles. The molecule has 2 unspecified atom stereocenters. The van der Waals surface area contributed by atoms with E-state index in [1.807, 2.05) is 6.92 Å². The molecule has 104 valence electrons. The van der Waals surface area contributed by atoms with Crippen molar-refractivity contribution >= 4 is 17.7 Å². The first-order chi connectivity index (χ1) is 9.20. The van der Waals surface area contributed by atoms with Gasteiger partial charge in [0.1, 0.15) is 5.54 Å². The van der Waals surface area contributed by atoms with Crippen molar-refractivity contribution in [1.29, 1.82) is 0 Å². The molecule has 5 nitrogen and oxygen atoms in total. The molecular formula is C13H19N3O2S. The zero-order valence-electron chi connectivity index (χ0n) is 11.3. The number of nitrogens with zero attached hydrogens (tertiary/aromatic N) is 2. The molecule has 0 saturated heterocycles. The van der Waals surface area contributed by atoms with Crippen LogP contribution in [0.25, 0.3) is 0 Å². The van der Waals surface area contributed by atoms with E-state index in [-0.39, 0.29) is 5.97 Å². The van der Waals surface area contributed by atoms with Crippen LogP contribution >= 0.6 is 11.8 Å². The average Bonchev–Trinajstić information content (AvgIpc) is 2.84. The van der Waals surface area contributed by atoms with Gasteiger partial charge in [-0.15, -0.1) is 0 Å². The van der Waals surface area contributed by atoms with Gasteiger partial charge in [-0.05, 0) is 31.9 Å². The summed E-state index contributed by atoms with van der Waals surface area (Å²) in [6.07, 6.45) is 6.00. The summed E-state index contributed by atoms with van der Waals surface area (Å²) >= 11 is 1.64. The fourth-order valence-corrected chi connectivity index (χ4v) is 3.69. The molecule has 0 aromatic carbocycles. The highest BCUT2D eigenvalue weighted by Crippen LogP contribution is 2.39. The molecule has 0 radical (unpaired) electrons. The zero-order chi connectivity index (χ0) is 13.7. The summed E-state index contributed by atoms with van der Waals surface area (Å²) in [4.78, 5) is 20.4. The SMILES string of the molecule is CCNC1(C(=O)OC)CCC(Sc2ncccn2)C1. The van der Waals surface area contributed by atoms with Crippen LogP contribution in [0.3, 0.4) is 0 Å². The van der Waals surface area contributed by atoms with Gasteiger partial charge in [0.2, 0.25) is 0 Å². The van der Waals surface area contributed by atoms with Crippen LogP contribution in [-0.4, -0.2) is 40.4 Å². The number of carbonyl (C=O) groups is 1. The summed E-state index contributed by atoms with van der Waals surface area (Å²) in [5.74, 6) is -0.161. The minimum Gasteiger partial charge on any atom is -0.468 e. The Labute approximate surface area is 117 Å². The molecule has 0 aliphatic heterocycles. The number of carbonyl (C=O) groups excluding carboxylic acids is 1. The standard InChI is InChI=1S/C13H19N3O2S/c1-3-16-13(11(17)18-2)6-5-10(9-13)19-12-14-7-4-8-15-12/h4,7-8,10,16H,3,5-6,9H2,1-2H3. The van der Waals surface area contributed by atoms with Gasteiger partial charge in [0.25, 0.3) is 0 Å². The molecular weight excluding hydrogens is 262 g/mol. The predicted molar refractivity (Wildman–Crippen MR) is 74.0 cm³/mol. The van der Waals surface area contributed by atoms with E-state index in [0.29, 0.717) is 5.25 Å². The maximum absolute atomic E-state index is 12.0. The van der Waals surface area contributed by atoms with Crippen molar-refractivity contribution in [3.8, 4) is 0 Å². The third-order valence-corrected chi connectivity index (χ3v) is 4.53. The fourth-order valence-electron chi connectivity index (χ4n) is 2.55. The fraction of sp³-hybridized carbons (Fsp3) is 0.615. The Bertz CT molecular complexity index is 429. The molecule has 2 atom stereocenters. The number of ether oxygens (including phenoxy) is 1. The second-order valence-corrected chi connectivity index (χ2v) is 5.89.